The number of benzene rings is 1. The third-order valence-electron chi connectivity index (χ3n) is 3.64. The van der Waals surface area contributed by atoms with Crippen molar-refractivity contribution in [2.45, 2.75) is 31.0 Å². The lowest BCUT2D eigenvalue weighted by Crippen LogP contribution is -2.35. The van der Waals surface area contributed by atoms with Gasteiger partial charge in [-0.3, -0.25) is 9.89 Å². The van der Waals surface area contributed by atoms with Gasteiger partial charge in [0.2, 0.25) is 11.1 Å². The monoisotopic (exact) mass is 380 g/mol. The van der Waals surface area contributed by atoms with Gasteiger partial charge in [0.15, 0.2) is 5.82 Å². The molecular formula is C15H17BrN4OS. The summed E-state index contributed by atoms with van der Waals surface area (Å²) in [6.45, 7) is 2.07. The number of nitrogens with zero attached hydrogens (tertiary/aromatic N) is 2. The van der Waals surface area contributed by atoms with Crippen molar-refractivity contribution >= 4 is 33.6 Å². The van der Waals surface area contributed by atoms with Crippen LogP contribution in [0.25, 0.3) is 11.4 Å². The lowest BCUT2D eigenvalue weighted by atomic mass is 10.2. The molecular weight excluding hydrogens is 364 g/mol. The average molecular weight is 381 g/mol. The summed E-state index contributed by atoms with van der Waals surface area (Å²) in [4.78, 5) is 16.3. The Morgan fingerprint density at radius 2 is 2.27 bits per heavy atom. The molecule has 1 atom stereocenters. The standard InChI is InChI=1S/C15H17BrN4OS/c1-9(10-6-7-10)17-13(21)8-22-15-18-14(19-20-15)11-4-2-3-5-12(11)16/h2-5,9-10H,6-8H2,1H3,(H,17,21)(H,18,19,20)/t9-/m0/s1. The molecule has 116 valence electrons. The maximum atomic E-state index is 11.9. The van der Waals surface area contributed by atoms with Crippen LogP contribution in [0.1, 0.15) is 19.8 Å². The highest BCUT2D eigenvalue weighted by atomic mass is 79.9. The zero-order chi connectivity index (χ0) is 15.5. The molecule has 0 bridgehead atoms. The Morgan fingerprint density at radius 3 is 3.00 bits per heavy atom. The Balaban J connectivity index is 1.55. The molecule has 1 saturated carbocycles. The van der Waals surface area contributed by atoms with Crippen molar-refractivity contribution in [1.29, 1.82) is 0 Å². The van der Waals surface area contributed by atoms with Crippen LogP contribution in [0.2, 0.25) is 0 Å². The van der Waals surface area contributed by atoms with Crippen LogP contribution in [0.15, 0.2) is 33.9 Å². The van der Waals surface area contributed by atoms with E-state index >= 15 is 0 Å². The molecule has 3 rings (SSSR count). The molecule has 1 amide bonds. The smallest absolute Gasteiger partial charge is 0.230 e. The zero-order valence-corrected chi connectivity index (χ0v) is 14.6. The minimum atomic E-state index is 0.0386. The van der Waals surface area contributed by atoms with Gasteiger partial charge in [-0.2, -0.15) is 0 Å². The molecule has 1 aliphatic rings. The van der Waals surface area contributed by atoms with E-state index in [2.05, 4.69) is 43.4 Å². The SMILES string of the molecule is C[C@H](NC(=O)CSc1n[nH]c(-c2ccccc2Br)n1)C1CC1. The van der Waals surface area contributed by atoms with Gasteiger partial charge in [0.25, 0.3) is 0 Å². The van der Waals surface area contributed by atoms with Crippen LogP contribution >= 0.6 is 27.7 Å². The van der Waals surface area contributed by atoms with Gasteiger partial charge in [-0.15, -0.1) is 5.10 Å². The Bertz CT molecular complexity index is 671. The van der Waals surface area contributed by atoms with Crippen LogP contribution in [0.5, 0.6) is 0 Å². The molecule has 0 aliphatic heterocycles. The minimum Gasteiger partial charge on any atom is -0.353 e. The molecule has 7 heteroatoms. The Hall–Kier alpha value is -1.34. The van der Waals surface area contributed by atoms with Crippen molar-refractivity contribution < 1.29 is 4.79 Å². The molecule has 1 heterocycles. The van der Waals surface area contributed by atoms with E-state index in [-0.39, 0.29) is 11.9 Å². The number of aromatic amines is 1. The van der Waals surface area contributed by atoms with Crippen LogP contribution < -0.4 is 5.32 Å². The van der Waals surface area contributed by atoms with E-state index in [1.807, 2.05) is 24.3 Å². The lowest BCUT2D eigenvalue weighted by molar-refractivity contribution is -0.119. The van der Waals surface area contributed by atoms with Crippen LogP contribution in [-0.2, 0) is 4.79 Å². The topological polar surface area (TPSA) is 70.7 Å². The van der Waals surface area contributed by atoms with Crippen molar-refractivity contribution in [2.24, 2.45) is 5.92 Å². The van der Waals surface area contributed by atoms with Crippen molar-refractivity contribution in [3.63, 3.8) is 0 Å². The lowest BCUT2D eigenvalue weighted by Gasteiger charge is -2.11. The summed E-state index contributed by atoms with van der Waals surface area (Å²) in [6, 6.07) is 8.09. The van der Waals surface area contributed by atoms with E-state index in [4.69, 9.17) is 0 Å². The number of amides is 1. The van der Waals surface area contributed by atoms with Gasteiger partial charge in [0.05, 0.1) is 5.75 Å². The number of aromatic nitrogens is 3. The second-order valence-corrected chi connectivity index (χ2v) is 7.23. The molecule has 2 N–H and O–H groups in total. The van der Waals surface area contributed by atoms with Gasteiger partial charge in [-0.1, -0.05) is 45.9 Å². The third-order valence-corrected chi connectivity index (χ3v) is 5.18. The van der Waals surface area contributed by atoms with Gasteiger partial charge < -0.3 is 5.32 Å². The normalized spacial score (nSPS) is 15.5. The molecule has 0 spiro atoms. The molecule has 22 heavy (non-hydrogen) atoms. The minimum absolute atomic E-state index is 0.0386. The van der Waals surface area contributed by atoms with E-state index in [0.29, 0.717) is 22.7 Å². The number of hydrogen-bond acceptors (Lipinski definition) is 4. The quantitative estimate of drug-likeness (QED) is 0.754. The number of hydrogen-bond donors (Lipinski definition) is 2. The largest absolute Gasteiger partial charge is 0.353 e. The fourth-order valence-electron chi connectivity index (χ4n) is 2.22. The highest BCUT2D eigenvalue weighted by Gasteiger charge is 2.28. The summed E-state index contributed by atoms with van der Waals surface area (Å²) in [5.41, 5.74) is 0.952. The third kappa shape index (κ3) is 3.89. The maximum Gasteiger partial charge on any atom is 0.230 e. The first-order valence-electron chi connectivity index (χ1n) is 7.23. The predicted octanol–water partition coefficient (Wildman–Crippen LogP) is 3.24. The number of carbonyl (C=O) groups excluding carboxylic acids is 1. The molecule has 1 aromatic heterocycles. The zero-order valence-electron chi connectivity index (χ0n) is 12.2. The molecule has 1 aromatic carbocycles. The highest BCUT2D eigenvalue weighted by Crippen LogP contribution is 2.32. The summed E-state index contributed by atoms with van der Waals surface area (Å²) >= 11 is 4.84. The Morgan fingerprint density at radius 1 is 1.50 bits per heavy atom. The van der Waals surface area contributed by atoms with Gasteiger partial charge in [-0.05, 0) is 31.7 Å². The van der Waals surface area contributed by atoms with Crippen LogP contribution in [0.4, 0.5) is 0 Å². The first kappa shape index (κ1) is 15.6. The predicted molar refractivity (Wildman–Crippen MR) is 90.6 cm³/mol. The second kappa shape index (κ2) is 6.83. The average Bonchev–Trinajstić information content (AvgIpc) is 3.25. The van der Waals surface area contributed by atoms with E-state index < -0.39 is 0 Å². The van der Waals surface area contributed by atoms with Crippen molar-refractivity contribution in [1.82, 2.24) is 20.5 Å². The van der Waals surface area contributed by atoms with Gasteiger partial charge in [0, 0.05) is 16.1 Å². The molecule has 1 aliphatic carbocycles. The summed E-state index contributed by atoms with van der Waals surface area (Å²) < 4.78 is 0.957. The van der Waals surface area contributed by atoms with E-state index in [9.17, 15) is 4.79 Å². The van der Waals surface area contributed by atoms with Gasteiger partial charge in [-0.25, -0.2) is 4.98 Å². The number of rotatable bonds is 6. The molecule has 5 nitrogen and oxygen atoms in total. The van der Waals surface area contributed by atoms with Crippen molar-refractivity contribution in [3.8, 4) is 11.4 Å². The highest BCUT2D eigenvalue weighted by molar-refractivity contribution is 9.10. The first-order chi connectivity index (χ1) is 10.6. The van der Waals surface area contributed by atoms with Gasteiger partial charge in [0.1, 0.15) is 0 Å². The van der Waals surface area contributed by atoms with Crippen LogP contribution in [0.3, 0.4) is 0 Å². The molecule has 0 radical (unpaired) electrons. The molecule has 1 fully saturated rings. The number of nitrogens with one attached hydrogen (secondary N) is 2. The molecule has 0 saturated heterocycles. The fourth-order valence-corrected chi connectivity index (χ4v) is 3.31. The Labute approximate surface area is 141 Å². The van der Waals surface area contributed by atoms with Gasteiger partial charge >= 0.3 is 0 Å². The summed E-state index contributed by atoms with van der Waals surface area (Å²) in [6.07, 6.45) is 2.45. The maximum absolute atomic E-state index is 11.9. The number of H-pyrrole nitrogens is 1. The van der Waals surface area contributed by atoms with Crippen LogP contribution in [0, 0.1) is 5.92 Å². The second-order valence-electron chi connectivity index (χ2n) is 5.43. The number of carbonyl (C=O) groups is 1. The van der Waals surface area contributed by atoms with E-state index in [0.717, 1.165) is 10.0 Å². The Kier molecular flexibility index (Phi) is 4.83. The summed E-state index contributed by atoms with van der Waals surface area (Å²) in [5, 5.41) is 10.7. The fraction of sp³-hybridized carbons (Fsp3) is 0.400. The summed E-state index contributed by atoms with van der Waals surface area (Å²) in [7, 11) is 0. The molecule has 2 aromatic rings. The van der Waals surface area contributed by atoms with Crippen molar-refractivity contribution in [3.05, 3.63) is 28.7 Å². The van der Waals surface area contributed by atoms with E-state index in [1.54, 1.807) is 0 Å². The molecule has 0 unspecified atom stereocenters. The summed E-state index contributed by atoms with van der Waals surface area (Å²) in [5.74, 6) is 1.74. The number of thioether (sulfide) groups is 1. The van der Waals surface area contributed by atoms with Crippen LogP contribution in [-0.4, -0.2) is 32.9 Å². The van der Waals surface area contributed by atoms with E-state index in [1.165, 1.54) is 24.6 Å². The number of halogens is 1. The first-order valence-corrected chi connectivity index (χ1v) is 9.01. The van der Waals surface area contributed by atoms with Crippen molar-refractivity contribution in [2.75, 3.05) is 5.75 Å².